The molecule has 0 spiro atoms. The number of aromatic nitrogens is 2. The van der Waals surface area contributed by atoms with E-state index in [0.717, 1.165) is 19.1 Å². The molecule has 2 nitrogen and oxygen atoms in total. The first-order valence-electron chi connectivity index (χ1n) is 3.16. The van der Waals surface area contributed by atoms with Crippen LogP contribution in [0.1, 0.15) is 0 Å². The third kappa shape index (κ3) is 1.25. The number of pyridine rings is 1. The zero-order valence-electron chi connectivity index (χ0n) is 5.74. The van der Waals surface area contributed by atoms with Crippen molar-refractivity contribution in [2.24, 2.45) is 0 Å². The molecule has 2 aromatic heterocycles. The molecule has 62 valence electrons. The minimum atomic E-state index is 0.679. The molecular weight excluding hydrogens is 354 g/mol. The summed E-state index contributed by atoms with van der Waals surface area (Å²) in [5.74, 6) is 0. The summed E-state index contributed by atoms with van der Waals surface area (Å²) in [5.41, 5.74) is 0.951. The molecule has 0 saturated carbocycles. The molecule has 2 rings (SSSR count). The van der Waals surface area contributed by atoms with Crippen LogP contribution in [0.3, 0.4) is 0 Å². The summed E-state index contributed by atoms with van der Waals surface area (Å²) in [6.45, 7) is 0. The molecule has 0 bridgehead atoms. The Morgan fingerprint density at radius 3 is 3.00 bits per heavy atom. The maximum absolute atomic E-state index is 5.97. The van der Waals surface area contributed by atoms with Crippen molar-refractivity contribution >= 4 is 61.0 Å². The molecule has 0 aromatic carbocycles. The first-order chi connectivity index (χ1) is 5.70. The average Bonchev–Trinajstić information content (AvgIpc) is 2.42. The Bertz CT molecular complexity index is 440. The SMILES string of the molecule is Clc1cnc(Br)c2[nH]cc(I)c12. The van der Waals surface area contributed by atoms with E-state index in [0.29, 0.717) is 5.02 Å². The van der Waals surface area contributed by atoms with Gasteiger partial charge in [0.05, 0.1) is 10.5 Å². The van der Waals surface area contributed by atoms with E-state index in [-0.39, 0.29) is 0 Å². The van der Waals surface area contributed by atoms with Gasteiger partial charge in [-0.3, -0.25) is 0 Å². The molecule has 5 heteroatoms. The standard InChI is InChI=1S/C7H3BrClIN2/c8-7-6-5(3(9)1-12-7)4(10)2-11-6/h1-2,11H. The molecule has 0 amide bonds. The second-order valence-corrected chi connectivity index (χ2v) is 4.60. The van der Waals surface area contributed by atoms with Gasteiger partial charge in [0.1, 0.15) is 4.60 Å². The van der Waals surface area contributed by atoms with Crippen molar-refractivity contribution in [1.29, 1.82) is 0 Å². The summed E-state index contributed by atoms with van der Waals surface area (Å²) in [5, 5.41) is 1.71. The van der Waals surface area contributed by atoms with Crippen LogP contribution >= 0.6 is 50.1 Å². The Labute approximate surface area is 96.0 Å². The number of nitrogens with one attached hydrogen (secondary N) is 1. The first kappa shape index (κ1) is 8.77. The largest absolute Gasteiger partial charge is 0.358 e. The number of nitrogens with zero attached hydrogens (tertiary/aromatic N) is 1. The molecule has 0 aliphatic heterocycles. The van der Waals surface area contributed by atoms with Crippen molar-refractivity contribution in [2.45, 2.75) is 0 Å². The summed E-state index contributed by atoms with van der Waals surface area (Å²) in [4.78, 5) is 7.17. The van der Waals surface area contributed by atoms with Crippen LogP contribution in [0, 0.1) is 3.57 Å². The van der Waals surface area contributed by atoms with Crippen LogP contribution in [-0.4, -0.2) is 9.97 Å². The highest BCUT2D eigenvalue weighted by Crippen LogP contribution is 2.30. The number of H-pyrrole nitrogens is 1. The fraction of sp³-hybridized carbons (Fsp3) is 0. The topological polar surface area (TPSA) is 28.7 Å². The van der Waals surface area contributed by atoms with Gasteiger partial charge in [-0.25, -0.2) is 4.98 Å². The van der Waals surface area contributed by atoms with E-state index in [4.69, 9.17) is 11.6 Å². The second-order valence-electron chi connectivity index (χ2n) is 2.28. The van der Waals surface area contributed by atoms with Gasteiger partial charge in [0.25, 0.3) is 0 Å². The van der Waals surface area contributed by atoms with Gasteiger partial charge in [-0.15, -0.1) is 0 Å². The number of hydrogen-bond donors (Lipinski definition) is 1. The lowest BCUT2D eigenvalue weighted by Crippen LogP contribution is -1.78. The second kappa shape index (κ2) is 3.16. The molecule has 0 unspecified atom stereocenters. The van der Waals surface area contributed by atoms with Gasteiger partial charge in [-0.05, 0) is 38.5 Å². The van der Waals surface area contributed by atoms with E-state index >= 15 is 0 Å². The van der Waals surface area contributed by atoms with Gasteiger partial charge >= 0.3 is 0 Å². The molecule has 0 fully saturated rings. The Balaban J connectivity index is 2.98. The van der Waals surface area contributed by atoms with E-state index in [1.54, 1.807) is 6.20 Å². The number of halogens is 3. The van der Waals surface area contributed by atoms with Crippen molar-refractivity contribution in [3.63, 3.8) is 0 Å². The maximum atomic E-state index is 5.97. The van der Waals surface area contributed by atoms with Crippen molar-refractivity contribution in [1.82, 2.24) is 9.97 Å². The van der Waals surface area contributed by atoms with Crippen LogP contribution in [0.2, 0.25) is 5.02 Å². The lowest BCUT2D eigenvalue weighted by molar-refractivity contribution is 1.29. The number of rotatable bonds is 0. The van der Waals surface area contributed by atoms with Crippen molar-refractivity contribution in [3.05, 3.63) is 25.6 Å². The number of aromatic amines is 1. The van der Waals surface area contributed by atoms with E-state index in [1.807, 2.05) is 6.20 Å². The Hall–Kier alpha value is 0.190. The smallest absolute Gasteiger partial charge is 0.130 e. The minimum Gasteiger partial charge on any atom is -0.358 e. The van der Waals surface area contributed by atoms with Crippen molar-refractivity contribution < 1.29 is 0 Å². The highest BCUT2D eigenvalue weighted by molar-refractivity contribution is 14.1. The maximum Gasteiger partial charge on any atom is 0.130 e. The molecule has 0 radical (unpaired) electrons. The van der Waals surface area contributed by atoms with E-state index < -0.39 is 0 Å². The average molecular weight is 357 g/mol. The Kier molecular flexibility index (Phi) is 2.31. The molecule has 0 atom stereocenters. The minimum absolute atomic E-state index is 0.679. The molecule has 0 saturated heterocycles. The third-order valence-electron chi connectivity index (χ3n) is 1.57. The van der Waals surface area contributed by atoms with Crippen molar-refractivity contribution in [2.75, 3.05) is 0 Å². The van der Waals surface area contributed by atoms with Crippen LogP contribution in [0.15, 0.2) is 17.0 Å². The summed E-state index contributed by atoms with van der Waals surface area (Å²) >= 11 is 11.5. The first-order valence-corrected chi connectivity index (χ1v) is 5.41. The Morgan fingerprint density at radius 2 is 2.33 bits per heavy atom. The molecule has 1 N–H and O–H groups in total. The summed E-state index contributed by atoms with van der Waals surface area (Å²) in [7, 11) is 0. The van der Waals surface area contributed by atoms with Crippen LogP contribution in [0.4, 0.5) is 0 Å². The normalized spacial score (nSPS) is 10.9. The van der Waals surface area contributed by atoms with Gasteiger partial charge in [0.15, 0.2) is 0 Å². The van der Waals surface area contributed by atoms with Gasteiger partial charge in [0, 0.05) is 21.4 Å². The number of hydrogen-bond acceptors (Lipinski definition) is 1. The fourth-order valence-electron chi connectivity index (χ4n) is 1.04. The quantitative estimate of drug-likeness (QED) is 0.567. The zero-order valence-corrected chi connectivity index (χ0v) is 10.2. The van der Waals surface area contributed by atoms with Crippen LogP contribution < -0.4 is 0 Å². The molecule has 0 aliphatic carbocycles. The van der Waals surface area contributed by atoms with Gasteiger partial charge < -0.3 is 4.98 Å². The van der Waals surface area contributed by atoms with Crippen LogP contribution in [-0.2, 0) is 0 Å². The molecule has 12 heavy (non-hydrogen) atoms. The van der Waals surface area contributed by atoms with Gasteiger partial charge in [0.2, 0.25) is 0 Å². The fourth-order valence-corrected chi connectivity index (χ4v) is 2.57. The molecular formula is C7H3BrClIN2. The van der Waals surface area contributed by atoms with Gasteiger partial charge in [-0.2, -0.15) is 0 Å². The highest BCUT2D eigenvalue weighted by Gasteiger charge is 2.08. The molecule has 0 aliphatic rings. The molecule has 2 aromatic rings. The predicted octanol–water partition coefficient (Wildman–Crippen LogP) is 3.58. The van der Waals surface area contributed by atoms with E-state index in [1.165, 1.54) is 0 Å². The number of fused-ring (bicyclic) bond motifs is 1. The van der Waals surface area contributed by atoms with E-state index in [9.17, 15) is 0 Å². The summed E-state index contributed by atoms with van der Waals surface area (Å²) in [6.07, 6.45) is 3.55. The summed E-state index contributed by atoms with van der Waals surface area (Å²) in [6, 6.07) is 0. The van der Waals surface area contributed by atoms with Gasteiger partial charge in [-0.1, -0.05) is 11.6 Å². The lowest BCUT2D eigenvalue weighted by Gasteiger charge is -1.95. The highest BCUT2D eigenvalue weighted by atomic mass is 127. The Morgan fingerprint density at radius 1 is 1.58 bits per heavy atom. The van der Waals surface area contributed by atoms with Crippen LogP contribution in [0.25, 0.3) is 10.9 Å². The third-order valence-corrected chi connectivity index (χ3v) is 3.31. The monoisotopic (exact) mass is 356 g/mol. The predicted molar refractivity (Wildman–Crippen MR) is 61.5 cm³/mol. The van der Waals surface area contributed by atoms with Crippen molar-refractivity contribution in [3.8, 4) is 0 Å². The molecule has 2 heterocycles. The van der Waals surface area contributed by atoms with E-state index in [2.05, 4.69) is 48.5 Å². The van der Waals surface area contributed by atoms with Crippen LogP contribution in [0.5, 0.6) is 0 Å². The lowest BCUT2D eigenvalue weighted by atomic mass is 10.3. The summed E-state index contributed by atoms with van der Waals surface area (Å²) < 4.78 is 1.90. The zero-order chi connectivity index (χ0) is 8.72.